The molecule has 0 saturated carbocycles. The number of benzene rings is 3. The van der Waals surface area contributed by atoms with E-state index in [2.05, 4.69) is 72.8 Å². The smallest absolute Gasteiger partial charge is 0.303 e. The number of carboxylic acid groups (broad SMARTS) is 1. The number of hydrogen-bond donors (Lipinski definition) is 1. The van der Waals surface area contributed by atoms with Gasteiger partial charge in [-0.05, 0) is 62.1 Å². The fourth-order valence-corrected chi connectivity index (χ4v) is 4.94. The van der Waals surface area contributed by atoms with Crippen molar-refractivity contribution in [2.45, 2.75) is 39.0 Å². The van der Waals surface area contributed by atoms with Gasteiger partial charge in [-0.1, -0.05) is 86.7 Å². The van der Waals surface area contributed by atoms with Gasteiger partial charge in [0.25, 0.3) is 0 Å². The summed E-state index contributed by atoms with van der Waals surface area (Å²) < 4.78 is 0. The van der Waals surface area contributed by atoms with Crippen LogP contribution in [0.4, 0.5) is 0 Å². The molecular weight excluding hydrogens is 368 g/mol. The minimum absolute atomic E-state index is 0.197. The Morgan fingerprint density at radius 2 is 1.80 bits per heavy atom. The molecule has 1 atom stereocenters. The van der Waals surface area contributed by atoms with Gasteiger partial charge in [0.1, 0.15) is 0 Å². The van der Waals surface area contributed by atoms with Crippen molar-refractivity contribution < 1.29 is 9.90 Å². The minimum Gasteiger partial charge on any atom is -0.481 e. The molecule has 0 spiro atoms. The predicted molar refractivity (Wildman–Crippen MR) is 125 cm³/mol. The van der Waals surface area contributed by atoms with Gasteiger partial charge in [0.05, 0.1) is 6.42 Å². The number of hydrogen-bond acceptors (Lipinski definition) is 1. The summed E-state index contributed by atoms with van der Waals surface area (Å²) in [4.78, 5) is 11.1. The highest BCUT2D eigenvalue weighted by atomic mass is 16.4. The summed E-state index contributed by atoms with van der Waals surface area (Å²) in [5.74, 6) is -0.334. The Balaban J connectivity index is 1.50. The van der Waals surface area contributed by atoms with Crippen LogP contribution in [0, 0.1) is 5.41 Å². The highest BCUT2D eigenvalue weighted by molar-refractivity contribution is 6.10. The van der Waals surface area contributed by atoms with Crippen LogP contribution in [0.25, 0.3) is 27.6 Å². The first-order chi connectivity index (χ1) is 14.4. The quantitative estimate of drug-likeness (QED) is 0.472. The molecule has 30 heavy (non-hydrogen) atoms. The number of carbonyl (C=O) groups is 1. The molecule has 2 aliphatic rings. The molecule has 3 aromatic carbocycles. The van der Waals surface area contributed by atoms with Gasteiger partial charge in [-0.25, -0.2) is 0 Å². The summed E-state index contributed by atoms with van der Waals surface area (Å²) in [6, 6.07) is 15.7. The Labute approximate surface area is 177 Å². The van der Waals surface area contributed by atoms with Gasteiger partial charge in [0.2, 0.25) is 0 Å². The van der Waals surface area contributed by atoms with Crippen molar-refractivity contribution in [2.24, 2.45) is 5.41 Å². The van der Waals surface area contributed by atoms with Crippen molar-refractivity contribution >= 4 is 33.6 Å². The normalized spacial score (nSPS) is 17.3. The van der Waals surface area contributed by atoms with E-state index in [-0.39, 0.29) is 11.8 Å². The van der Waals surface area contributed by atoms with Gasteiger partial charge in [0, 0.05) is 5.92 Å². The van der Waals surface area contributed by atoms with E-state index in [0.717, 1.165) is 12.8 Å². The third kappa shape index (κ3) is 3.27. The van der Waals surface area contributed by atoms with Crippen LogP contribution >= 0.6 is 0 Å². The van der Waals surface area contributed by atoms with Gasteiger partial charge in [0.15, 0.2) is 0 Å². The largest absolute Gasteiger partial charge is 0.481 e. The average Bonchev–Trinajstić information content (AvgIpc) is 3.20. The average molecular weight is 395 g/mol. The summed E-state index contributed by atoms with van der Waals surface area (Å²) in [5.41, 5.74) is 5.17. The van der Waals surface area contributed by atoms with E-state index in [0.29, 0.717) is 5.92 Å². The highest BCUT2D eigenvalue weighted by Crippen LogP contribution is 2.42. The molecule has 1 N–H and O–H groups in total. The van der Waals surface area contributed by atoms with E-state index in [4.69, 9.17) is 5.11 Å². The zero-order valence-corrected chi connectivity index (χ0v) is 17.5. The molecule has 0 aliphatic heterocycles. The van der Waals surface area contributed by atoms with Crippen LogP contribution in [0.3, 0.4) is 0 Å². The predicted octanol–water partition coefficient (Wildman–Crippen LogP) is 7.03. The summed E-state index contributed by atoms with van der Waals surface area (Å²) in [6.45, 7) is 4.07. The van der Waals surface area contributed by atoms with Crippen LogP contribution in [-0.2, 0) is 11.2 Å². The molecule has 150 valence electrons. The number of aryl methyl sites for hydroxylation is 1. The van der Waals surface area contributed by atoms with Crippen LogP contribution in [0.15, 0.2) is 72.3 Å². The van der Waals surface area contributed by atoms with E-state index >= 15 is 0 Å². The summed E-state index contributed by atoms with van der Waals surface area (Å²) in [5, 5.41) is 14.2. The highest BCUT2D eigenvalue weighted by Gasteiger charge is 2.23. The molecule has 0 aromatic heterocycles. The molecule has 5 rings (SSSR count). The lowest BCUT2D eigenvalue weighted by Crippen LogP contribution is -2.17. The second-order valence-corrected chi connectivity index (χ2v) is 9.38. The lowest BCUT2D eigenvalue weighted by molar-refractivity contribution is -0.139. The van der Waals surface area contributed by atoms with E-state index < -0.39 is 5.97 Å². The zero-order valence-electron chi connectivity index (χ0n) is 17.5. The molecule has 2 nitrogen and oxygen atoms in total. The van der Waals surface area contributed by atoms with Gasteiger partial charge < -0.3 is 5.11 Å². The van der Waals surface area contributed by atoms with Crippen LogP contribution < -0.4 is 0 Å². The topological polar surface area (TPSA) is 37.3 Å². The molecule has 0 amide bonds. The summed E-state index contributed by atoms with van der Waals surface area (Å²) >= 11 is 0. The van der Waals surface area contributed by atoms with E-state index in [1.54, 1.807) is 0 Å². The second-order valence-electron chi connectivity index (χ2n) is 9.38. The molecule has 1 unspecified atom stereocenters. The number of allylic oxidation sites excluding steroid dienone is 5. The molecule has 0 saturated heterocycles. The number of rotatable bonds is 5. The van der Waals surface area contributed by atoms with Crippen molar-refractivity contribution in [2.75, 3.05) is 0 Å². The minimum atomic E-state index is -0.724. The summed E-state index contributed by atoms with van der Waals surface area (Å²) in [7, 11) is 0. The maximum Gasteiger partial charge on any atom is 0.303 e. The Kier molecular flexibility index (Phi) is 4.39. The van der Waals surface area contributed by atoms with Crippen LogP contribution in [0.5, 0.6) is 0 Å². The first-order valence-corrected chi connectivity index (χ1v) is 10.7. The maximum atomic E-state index is 11.1. The fourth-order valence-electron chi connectivity index (χ4n) is 4.94. The Bertz CT molecular complexity index is 1270. The van der Waals surface area contributed by atoms with Crippen LogP contribution in [-0.4, -0.2) is 11.1 Å². The Morgan fingerprint density at radius 1 is 1.00 bits per heavy atom. The summed E-state index contributed by atoms with van der Waals surface area (Å²) in [6.07, 6.45) is 13.1. The zero-order chi connectivity index (χ0) is 20.9. The molecule has 2 heteroatoms. The third-order valence-corrected chi connectivity index (χ3v) is 6.61. The van der Waals surface area contributed by atoms with Crippen molar-refractivity contribution in [3.63, 3.8) is 0 Å². The molecular formula is C28H26O2. The third-order valence-electron chi connectivity index (χ3n) is 6.61. The lowest BCUT2D eigenvalue weighted by Gasteiger charge is -2.22. The van der Waals surface area contributed by atoms with Crippen molar-refractivity contribution in [1.29, 1.82) is 0 Å². The fraction of sp³-hybridized carbons (Fsp3) is 0.250. The number of fused-ring (bicyclic) bond motifs is 7. The molecule has 3 aromatic rings. The number of carboxylic acids is 1. The van der Waals surface area contributed by atoms with Gasteiger partial charge >= 0.3 is 5.97 Å². The van der Waals surface area contributed by atoms with Crippen LogP contribution in [0.2, 0.25) is 0 Å². The Morgan fingerprint density at radius 3 is 2.63 bits per heavy atom. The monoisotopic (exact) mass is 394 g/mol. The maximum absolute atomic E-state index is 11.1. The standard InChI is InChI=1S/C28H26O2/c1-28(2,17-27(29)30)15-14-18-6-9-22-20(16-18)8-11-26-24(22)13-12-23-21-5-3-4-19(21)7-10-25(23)26/h3-13,16,21H,14-15,17H2,1-2H3,(H,29,30). The second kappa shape index (κ2) is 6.98. The Hall–Kier alpha value is -3.13. The molecule has 2 aliphatic carbocycles. The van der Waals surface area contributed by atoms with E-state index in [9.17, 15) is 4.79 Å². The molecule has 0 radical (unpaired) electrons. The van der Waals surface area contributed by atoms with E-state index in [1.165, 1.54) is 43.8 Å². The SMILES string of the molecule is CC(C)(CCc1ccc2c(ccc3c4c(ccc32)C2C=CC=C2C=C4)c1)CC(=O)O. The first-order valence-electron chi connectivity index (χ1n) is 10.7. The van der Waals surface area contributed by atoms with Crippen molar-refractivity contribution in [1.82, 2.24) is 0 Å². The van der Waals surface area contributed by atoms with Gasteiger partial charge in [-0.2, -0.15) is 0 Å². The molecule has 0 heterocycles. The van der Waals surface area contributed by atoms with Crippen molar-refractivity contribution in [3.8, 4) is 0 Å². The molecule has 0 fully saturated rings. The van der Waals surface area contributed by atoms with E-state index in [1.807, 2.05) is 13.8 Å². The van der Waals surface area contributed by atoms with Crippen LogP contribution in [0.1, 0.15) is 49.3 Å². The van der Waals surface area contributed by atoms with Gasteiger partial charge in [-0.3, -0.25) is 4.79 Å². The number of aliphatic carboxylic acids is 1. The van der Waals surface area contributed by atoms with Crippen molar-refractivity contribution in [3.05, 3.63) is 89.0 Å². The first kappa shape index (κ1) is 18.9. The van der Waals surface area contributed by atoms with Gasteiger partial charge in [-0.15, -0.1) is 0 Å². The lowest BCUT2D eigenvalue weighted by atomic mass is 9.82. The molecule has 0 bridgehead atoms.